The zero-order valence-electron chi connectivity index (χ0n) is 18.0. The fourth-order valence-electron chi connectivity index (χ4n) is 4.20. The standard InChI is InChI=1S/C23H29F3N2O3/c1-17-14-20(23(24,25)26)21(28(17)12-7-13-30-2)19-10-6-11-27(15-19)22(29)31-16-18-8-4-3-5-9-18/h3-5,8-9,14,19H,6-7,10-13,15-16H2,1-2H3. The number of methoxy groups -OCH3 is 1. The molecule has 1 aromatic carbocycles. The van der Waals surface area contributed by atoms with E-state index in [1.54, 1.807) is 18.6 Å². The molecule has 2 heterocycles. The van der Waals surface area contributed by atoms with E-state index in [0.717, 1.165) is 5.56 Å². The average Bonchev–Trinajstić information content (AvgIpc) is 3.10. The zero-order valence-corrected chi connectivity index (χ0v) is 18.0. The van der Waals surface area contributed by atoms with E-state index in [-0.39, 0.29) is 18.8 Å². The van der Waals surface area contributed by atoms with Crippen LogP contribution in [0.5, 0.6) is 0 Å². The van der Waals surface area contributed by atoms with Crippen molar-refractivity contribution < 1.29 is 27.4 Å². The average molecular weight is 438 g/mol. The maximum atomic E-state index is 13.8. The molecule has 0 spiro atoms. The number of ether oxygens (including phenoxy) is 2. The van der Waals surface area contributed by atoms with Crippen molar-refractivity contribution in [1.82, 2.24) is 9.47 Å². The number of rotatable bonds is 7. The van der Waals surface area contributed by atoms with Crippen LogP contribution in [-0.2, 0) is 28.8 Å². The van der Waals surface area contributed by atoms with Crippen molar-refractivity contribution in [2.75, 3.05) is 26.8 Å². The highest BCUT2D eigenvalue weighted by molar-refractivity contribution is 5.68. The maximum Gasteiger partial charge on any atom is 0.418 e. The monoisotopic (exact) mass is 438 g/mol. The van der Waals surface area contributed by atoms with Gasteiger partial charge < -0.3 is 18.9 Å². The van der Waals surface area contributed by atoms with Crippen molar-refractivity contribution >= 4 is 6.09 Å². The van der Waals surface area contributed by atoms with Gasteiger partial charge in [-0.15, -0.1) is 0 Å². The molecule has 1 aliphatic heterocycles. The largest absolute Gasteiger partial charge is 0.445 e. The van der Waals surface area contributed by atoms with Crippen molar-refractivity contribution in [2.45, 2.75) is 51.4 Å². The molecule has 1 amide bonds. The van der Waals surface area contributed by atoms with Crippen LogP contribution in [0.1, 0.15) is 47.7 Å². The lowest BCUT2D eigenvalue weighted by Crippen LogP contribution is -2.40. The Morgan fingerprint density at radius 3 is 2.65 bits per heavy atom. The number of benzene rings is 1. The molecule has 1 aromatic heterocycles. The van der Waals surface area contributed by atoms with Gasteiger partial charge in [-0.2, -0.15) is 13.2 Å². The number of alkyl halides is 3. The van der Waals surface area contributed by atoms with Crippen molar-refractivity contribution in [3.63, 3.8) is 0 Å². The van der Waals surface area contributed by atoms with E-state index in [9.17, 15) is 18.0 Å². The molecule has 1 aliphatic rings. The Hall–Kier alpha value is -2.48. The Bertz CT molecular complexity index is 865. The maximum absolute atomic E-state index is 13.8. The number of piperidine rings is 1. The summed E-state index contributed by atoms with van der Waals surface area (Å²) in [4.78, 5) is 14.1. The van der Waals surface area contributed by atoms with Crippen LogP contribution in [0.4, 0.5) is 18.0 Å². The summed E-state index contributed by atoms with van der Waals surface area (Å²) in [6.07, 6.45) is -3.09. The van der Waals surface area contributed by atoms with E-state index in [2.05, 4.69) is 0 Å². The summed E-state index contributed by atoms with van der Waals surface area (Å²) in [6, 6.07) is 10.5. The first-order valence-corrected chi connectivity index (χ1v) is 10.5. The number of aryl methyl sites for hydroxylation is 1. The molecular formula is C23H29F3N2O3. The molecule has 1 fully saturated rings. The normalized spacial score (nSPS) is 17.1. The van der Waals surface area contributed by atoms with Gasteiger partial charge in [0.05, 0.1) is 5.56 Å². The minimum Gasteiger partial charge on any atom is -0.445 e. The Balaban J connectivity index is 1.77. The number of nitrogens with zero attached hydrogens (tertiary/aromatic N) is 2. The molecule has 1 saturated heterocycles. The van der Waals surface area contributed by atoms with Crippen LogP contribution in [0.25, 0.3) is 0 Å². The van der Waals surface area contributed by atoms with E-state index in [4.69, 9.17) is 9.47 Å². The smallest absolute Gasteiger partial charge is 0.418 e. The first-order valence-electron chi connectivity index (χ1n) is 10.5. The topological polar surface area (TPSA) is 43.7 Å². The minimum atomic E-state index is -4.44. The number of likely N-dealkylation sites (tertiary alicyclic amines) is 1. The van der Waals surface area contributed by atoms with Crippen molar-refractivity contribution in [1.29, 1.82) is 0 Å². The van der Waals surface area contributed by atoms with Gasteiger partial charge in [-0.05, 0) is 37.8 Å². The molecule has 0 aliphatic carbocycles. The summed E-state index contributed by atoms with van der Waals surface area (Å²) < 4.78 is 53.6. The summed E-state index contributed by atoms with van der Waals surface area (Å²) in [5.41, 5.74) is 1.10. The summed E-state index contributed by atoms with van der Waals surface area (Å²) in [5.74, 6) is -0.397. The predicted molar refractivity (Wildman–Crippen MR) is 111 cm³/mol. The fraction of sp³-hybridized carbons (Fsp3) is 0.522. The molecule has 5 nitrogen and oxygen atoms in total. The number of carbonyl (C=O) groups is 1. The van der Waals surface area contributed by atoms with Gasteiger partial charge in [-0.3, -0.25) is 0 Å². The van der Waals surface area contributed by atoms with Crippen LogP contribution < -0.4 is 0 Å². The van der Waals surface area contributed by atoms with Gasteiger partial charge in [0.25, 0.3) is 0 Å². The third kappa shape index (κ3) is 5.81. The number of aromatic nitrogens is 1. The van der Waals surface area contributed by atoms with E-state index >= 15 is 0 Å². The Kier molecular flexibility index (Phi) is 7.64. The van der Waals surface area contributed by atoms with Gasteiger partial charge in [0.2, 0.25) is 0 Å². The second kappa shape index (κ2) is 10.2. The molecule has 0 radical (unpaired) electrons. The molecule has 0 N–H and O–H groups in total. The van der Waals surface area contributed by atoms with Gasteiger partial charge >= 0.3 is 12.3 Å². The summed E-state index contributed by atoms with van der Waals surface area (Å²) >= 11 is 0. The predicted octanol–water partition coefficient (Wildman–Crippen LogP) is 5.37. The first kappa shape index (κ1) is 23.2. The lowest BCUT2D eigenvalue weighted by Gasteiger charge is -2.33. The van der Waals surface area contributed by atoms with Crippen LogP contribution in [0, 0.1) is 6.92 Å². The highest BCUT2D eigenvalue weighted by Crippen LogP contribution is 2.40. The number of carbonyl (C=O) groups excluding carboxylic acids is 1. The lowest BCUT2D eigenvalue weighted by molar-refractivity contribution is -0.138. The van der Waals surface area contributed by atoms with Crippen molar-refractivity contribution in [3.8, 4) is 0 Å². The Morgan fingerprint density at radius 2 is 1.97 bits per heavy atom. The number of amides is 1. The summed E-state index contributed by atoms with van der Waals surface area (Å²) in [5, 5.41) is 0. The third-order valence-electron chi connectivity index (χ3n) is 5.65. The van der Waals surface area contributed by atoms with E-state index < -0.39 is 23.8 Å². The summed E-state index contributed by atoms with van der Waals surface area (Å²) in [7, 11) is 1.57. The molecule has 1 atom stereocenters. The highest BCUT2D eigenvalue weighted by atomic mass is 19.4. The Labute approximate surface area is 180 Å². The van der Waals surface area contributed by atoms with Gasteiger partial charge in [0.1, 0.15) is 6.61 Å². The van der Waals surface area contributed by atoms with Crippen molar-refractivity contribution in [2.24, 2.45) is 0 Å². The van der Waals surface area contributed by atoms with Crippen LogP contribution >= 0.6 is 0 Å². The second-order valence-electron chi connectivity index (χ2n) is 7.91. The van der Waals surface area contributed by atoms with Gasteiger partial charge in [-0.25, -0.2) is 4.79 Å². The van der Waals surface area contributed by atoms with Crippen LogP contribution in [0.15, 0.2) is 36.4 Å². The summed E-state index contributed by atoms with van der Waals surface area (Å²) in [6.45, 7) is 3.45. The molecule has 31 heavy (non-hydrogen) atoms. The van der Waals surface area contributed by atoms with Gasteiger partial charge in [0, 0.05) is 50.7 Å². The first-order chi connectivity index (χ1) is 14.8. The molecule has 3 rings (SSSR count). The molecule has 0 bridgehead atoms. The minimum absolute atomic E-state index is 0.140. The number of hydrogen-bond donors (Lipinski definition) is 0. The van der Waals surface area contributed by atoms with Gasteiger partial charge in [0.15, 0.2) is 0 Å². The van der Waals surface area contributed by atoms with Crippen LogP contribution in [0.3, 0.4) is 0 Å². The van der Waals surface area contributed by atoms with Gasteiger partial charge in [-0.1, -0.05) is 30.3 Å². The number of hydrogen-bond acceptors (Lipinski definition) is 3. The van der Waals surface area contributed by atoms with E-state index in [1.807, 2.05) is 30.3 Å². The SMILES string of the molecule is COCCCn1c(C)cc(C(F)(F)F)c1C1CCCN(C(=O)OCc2ccccc2)C1. The quantitative estimate of drug-likeness (QED) is 0.546. The van der Waals surface area contributed by atoms with E-state index in [1.165, 1.54) is 11.0 Å². The lowest BCUT2D eigenvalue weighted by atomic mass is 9.92. The number of halogens is 3. The Morgan fingerprint density at radius 1 is 1.23 bits per heavy atom. The fourth-order valence-corrected chi connectivity index (χ4v) is 4.20. The molecule has 170 valence electrons. The zero-order chi connectivity index (χ0) is 22.4. The van der Waals surface area contributed by atoms with Crippen LogP contribution in [-0.4, -0.2) is 42.4 Å². The molecule has 0 saturated carbocycles. The van der Waals surface area contributed by atoms with E-state index in [0.29, 0.717) is 44.7 Å². The van der Waals surface area contributed by atoms with Crippen molar-refractivity contribution in [3.05, 3.63) is 58.9 Å². The molecule has 2 aromatic rings. The molecule has 1 unspecified atom stereocenters. The highest BCUT2D eigenvalue weighted by Gasteiger charge is 2.40. The van der Waals surface area contributed by atoms with Crippen LogP contribution in [0.2, 0.25) is 0 Å². The second-order valence-corrected chi connectivity index (χ2v) is 7.91. The molecular weight excluding hydrogens is 409 g/mol. The molecule has 8 heteroatoms. The third-order valence-corrected chi connectivity index (χ3v) is 5.65.